The summed E-state index contributed by atoms with van der Waals surface area (Å²) < 4.78 is 5.29. The topological polar surface area (TPSA) is 148 Å². The number of nitro groups is 1. The van der Waals surface area contributed by atoms with E-state index >= 15 is 0 Å². The van der Waals surface area contributed by atoms with Crippen LogP contribution in [0.2, 0.25) is 0 Å². The third-order valence-electron chi connectivity index (χ3n) is 3.32. The molecule has 1 saturated heterocycles. The van der Waals surface area contributed by atoms with Gasteiger partial charge in [-0.3, -0.25) is 15.5 Å². The van der Waals surface area contributed by atoms with E-state index in [0.29, 0.717) is 13.0 Å². The van der Waals surface area contributed by atoms with Gasteiger partial charge in [0.1, 0.15) is 11.8 Å². The number of hydrazine groups is 1. The first kappa shape index (κ1) is 14.4. The predicted molar refractivity (Wildman–Crippen MR) is 70.0 cm³/mol. The zero-order chi connectivity index (χ0) is 14.8. The summed E-state index contributed by atoms with van der Waals surface area (Å²) in [6.07, 6.45) is 1.13. The fourth-order valence-electron chi connectivity index (χ4n) is 1.95. The first-order valence-corrected chi connectivity index (χ1v) is 6.02. The number of anilines is 2. The Morgan fingerprint density at radius 2 is 2.50 bits per heavy atom. The first-order valence-electron chi connectivity index (χ1n) is 6.02. The van der Waals surface area contributed by atoms with E-state index in [1.54, 1.807) is 6.92 Å². The average molecular weight is 284 g/mol. The van der Waals surface area contributed by atoms with Crippen molar-refractivity contribution in [1.29, 1.82) is 0 Å². The number of rotatable bonds is 5. The van der Waals surface area contributed by atoms with E-state index in [-0.39, 0.29) is 30.1 Å². The second-order valence-corrected chi connectivity index (χ2v) is 4.55. The van der Waals surface area contributed by atoms with Gasteiger partial charge in [-0.25, -0.2) is 10.8 Å². The lowest BCUT2D eigenvalue weighted by molar-refractivity contribution is -0.384. The molecule has 0 spiro atoms. The number of nitrogen functional groups attached to an aromatic ring is 1. The number of hydrogen-bond acceptors (Lipinski definition) is 9. The second-order valence-electron chi connectivity index (χ2n) is 4.55. The van der Waals surface area contributed by atoms with Gasteiger partial charge in [0.15, 0.2) is 0 Å². The maximum atomic E-state index is 10.9. The SMILES string of the molecule is CC1OCCC1(O)CNc1nc(NN)ncc1[N+](=O)[O-]. The van der Waals surface area contributed by atoms with Crippen molar-refractivity contribution in [3.05, 3.63) is 16.3 Å². The molecule has 0 aromatic carbocycles. The van der Waals surface area contributed by atoms with Crippen LogP contribution in [0.1, 0.15) is 13.3 Å². The van der Waals surface area contributed by atoms with Crippen LogP contribution in [0.15, 0.2) is 6.20 Å². The monoisotopic (exact) mass is 284 g/mol. The van der Waals surface area contributed by atoms with Crippen LogP contribution in [-0.4, -0.2) is 44.9 Å². The average Bonchev–Trinajstić information content (AvgIpc) is 2.76. The number of nitrogens with zero attached hydrogens (tertiary/aromatic N) is 3. The number of aliphatic hydroxyl groups is 1. The van der Waals surface area contributed by atoms with Gasteiger partial charge in [0.05, 0.1) is 11.0 Å². The van der Waals surface area contributed by atoms with Gasteiger partial charge in [-0.2, -0.15) is 4.98 Å². The van der Waals surface area contributed by atoms with E-state index in [0.717, 1.165) is 6.20 Å². The normalized spacial score (nSPS) is 25.4. The number of aromatic nitrogens is 2. The largest absolute Gasteiger partial charge is 0.385 e. The molecule has 1 aromatic rings. The van der Waals surface area contributed by atoms with E-state index < -0.39 is 10.5 Å². The Morgan fingerprint density at radius 3 is 3.05 bits per heavy atom. The second kappa shape index (κ2) is 5.53. The summed E-state index contributed by atoms with van der Waals surface area (Å²) in [5.41, 5.74) is 0.827. The van der Waals surface area contributed by atoms with E-state index in [1.807, 2.05) is 0 Å². The van der Waals surface area contributed by atoms with Gasteiger partial charge in [-0.1, -0.05) is 0 Å². The highest BCUT2D eigenvalue weighted by atomic mass is 16.6. The minimum absolute atomic E-state index is 0.00882. The maximum absolute atomic E-state index is 10.9. The minimum atomic E-state index is -1.09. The highest BCUT2D eigenvalue weighted by molar-refractivity contribution is 5.57. The Hall–Kier alpha value is -2.04. The third kappa shape index (κ3) is 2.76. The van der Waals surface area contributed by atoms with Gasteiger partial charge in [0.2, 0.25) is 11.8 Å². The van der Waals surface area contributed by atoms with E-state index in [1.165, 1.54) is 0 Å². The van der Waals surface area contributed by atoms with Crippen LogP contribution in [0.3, 0.4) is 0 Å². The van der Waals surface area contributed by atoms with Gasteiger partial charge in [-0.15, -0.1) is 0 Å². The number of hydrogen-bond donors (Lipinski definition) is 4. The fourth-order valence-corrected chi connectivity index (χ4v) is 1.95. The summed E-state index contributed by atoms with van der Waals surface area (Å²) in [5, 5.41) is 24.0. The van der Waals surface area contributed by atoms with Crippen molar-refractivity contribution < 1.29 is 14.8 Å². The molecule has 110 valence electrons. The van der Waals surface area contributed by atoms with Crippen LogP contribution in [0.25, 0.3) is 0 Å². The van der Waals surface area contributed by atoms with Crippen LogP contribution in [-0.2, 0) is 4.74 Å². The molecule has 5 N–H and O–H groups in total. The lowest BCUT2D eigenvalue weighted by atomic mass is 9.97. The molecule has 2 atom stereocenters. The summed E-state index contributed by atoms with van der Waals surface area (Å²) in [6.45, 7) is 2.27. The predicted octanol–water partition coefficient (Wildman–Crippen LogP) is -0.378. The first-order chi connectivity index (χ1) is 9.46. The van der Waals surface area contributed by atoms with Gasteiger partial charge < -0.3 is 15.2 Å². The molecule has 0 saturated carbocycles. The molecule has 1 aliphatic rings. The molecule has 0 aliphatic carbocycles. The Bertz CT molecular complexity index is 513. The third-order valence-corrected chi connectivity index (χ3v) is 3.32. The molecule has 2 unspecified atom stereocenters. The van der Waals surface area contributed by atoms with Gasteiger partial charge in [0, 0.05) is 19.6 Å². The molecule has 1 aromatic heterocycles. The van der Waals surface area contributed by atoms with E-state index in [4.69, 9.17) is 10.6 Å². The van der Waals surface area contributed by atoms with Crippen molar-refractivity contribution in [2.24, 2.45) is 5.84 Å². The van der Waals surface area contributed by atoms with E-state index in [9.17, 15) is 15.2 Å². The molecule has 10 heteroatoms. The van der Waals surface area contributed by atoms with Gasteiger partial charge >= 0.3 is 5.69 Å². The van der Waals surface area contributed by atoms with Crippen molar-refractivity contribution in [1.82, 2.24) is 9.97 Å². The van der Waals surface area contributed by atoms with Crippen molar-refractivity contribution in [3.63, 3.8) is 0 Å². The number of nitrogens with one attached hydrogen (secondary N) is 2. The van der Waals surface area contributed by atoms with Crippen LogP contribution < -0.4 is 16.6 Å². The Morgan fingerprint density at radius 1 is 1.75 bits per heavy atom. The van der Waals surface area contributed by atoms with Crippen molar-refractivity contribution in [3.8, 4) is 0 Å². The number of nitrogens with two attached hydrogens (primary N) is 1. The van der Waals surface area contributed by atoms with Crippen molar-refractivity contribution in [2.45, 2.75) is 25.0 Å². The number of ether oxygens (including phenoxy) is 1. The smallest absolute Gasteiger partial charge is 0.329 e. The summed E-state index contributed by atoms with van der Waals surface area (Å²) in [6, 6.07) is 0. The molecule has 20 heavy (non-hydrogen) atoms. The zero-order valence-electron chi connectivity index (χ0n) is 10.9. The Balaban J connectivity index is 2.17. The van der Waals surface area contributed by atoms with Crippen molar-refractivity contribution >= 4 is 17.5 Å². The molecule has 1 fully saturated rings. The quantitative estimate of drug-likeness (QED) is 0.322. The van der Waals surface area contributed by atoms with E-state index in [2.05, 4.69) is 20.7 Å². The highest BCUT2D eigenvalue weighted by Gasteiger charge is 2.39. The highest BCUT2D eigenvalue weighted by Crippen LogP contribution is 2.28. The Labute approximate surface area is 114 Å². The summed E-state index contributed by atoms with van der Waals surface area (Å²) >= 11 is 0. The van der Waals surface area contributed by atoms with Gasteiger partial charge in [0.25, 0.3) is 0 Å². The summed E-state index contributed by atoms with van der Waals surface area (Å²) in [5.74, 6) is 5.20. The molecular formula is C10H16N6O4. The lowest BCUT2D eigenvalue weighted by Gasteiger charge is -2.26. The molecule has 2 heterocycles. The summed E-state index contributed by atoms with van der Waals surface area (Å²) in [7, 11) is 0. The van der Waals surface area contributed by atoms with Crippen LogP contribution in [0.4, 0.5) is 17.5 Å². The van der Waals surface area contributed by atoms with Crippen LogP contribution >= 0.6 is 0 Å². The zero-order valence-corrected chi connectivity index (χ0v) is 10.9. The molecule has 2 rings (SSSR count). The lowest BCUT2D eigenvalue weighted by Crippen LogP contribution is -2.43. The van der Waals surface area contributed by atoms with Gasteiger partial charge in [-0.05, 0) is 6.92 Å². The molecule has 0 bridgehead atoms. The summed E-state index contributed by atoms with van der Waals surface area (Å²) in [4.78, 5) is 17.9. The van der Waals surface area contributed by atoms with Crippen molar-refractivity contribution in [2.75, 3.05) is 23.9 Å². The standard InChI is InChI=1S/C10H16N6O4/c1-6-10(17,2-3-20-6)5-13-8-7(16(18)19)4-12-9(14-8)15-11/h4,6,17H,2-3,5,11H2,1H3,(H2,12,13,14,15). The Kier molecular flexibility index (Phi) is 3.97. The molecular weight excluding hydrogens is 268 g/mol. The molecule has 0 radical (unpaired) electrons. The maximum Gasteiger partial charge on any atom is 0.329 e. The fraction of sp³-hybridized carbons (Fsp3) is 0.600. The molecule has 1 aliphatic heterocycles. The molecule has 0 amide bonds. The van der Waals surface area contributed by atoms with Crippen LogP contribution in [0, 0.1) is 10.1 Å². The molecule has 10 nitrogen and oxygen atoms in total. The van der Waals surface area contributed by atoms with Crippen LogP contribution in [0.5, 0.6) is 0 Å². The minimum Gasteiger partial charge on any atom is -0.385 e.